The summed E-state index contributed by atoms with van der Waals surface area (Å²) in [5.41, 5.74) is 3.88. The molecule has 1 amide bonds. The van der Waals surface area contributed by atoms with Crippen molar-refractivity contribution in [3.8, 4) is 11.3 Å². The number of aromatic nitrogens is 1. The molecule has 1 N–H and O–H groups in total. The third-order valence-corrected chi connectivity index (χ3v) is 6.21. The first-order valence-corrected chi connectivity index (χ1v) is 10.7. The molecule has 6 heteroatoms. The molecule has 1 aliphatic rings. The molecule has 3 aromatic rings. The largest absolute Gasteiger partial charge is 0.370 e. The lowest BCUT2D eigenvalue weighted by Crippen LogP contribution is -2.40. The minimum absolute atomic E-state index is 0.0973. The highest BCUT2D eigenvalue weighted by atomic mass is 32.1. The Morgan fingerprint density at radius 1 is 1.25 bits per heavy atom. The van der Waals surface area contributed by atoms with Gasteiger partial charge in [-0.25, -0.2) is 9.37 Å². The van der Waals surface area contributed by atoms with Crippen molar-refractivity contribution in [2.24, 2.45) is 5.92 Å². The van der Waals surface area contributed by atoms with Gasteiger partial charge in [0.15, 0.2) is 0 Å². The maximum absolute atomic E-state index is 13.3. The van der Waals surface area contributed by atoms with Crippen molar-refractivity contribution < 1.29 is 9.18 Å². The minimum Gasteiger partial charge on any atom is -0.370 e. The lowest BCUT2D eigenvalue weighted by atomic mass is 9.95. The van der Waals surface area contributed by atoms with Crippen molar-refractivity contribution in [1.82, 2.24) is 10.3 Å². The van der Waals surface area contributed by atoms with Crippen LogP contribution in [0, 0.1) is 11.7 Å². The molecule has 0 radical (unpaired) electrons. The summed E-state index contributed by atoms with van der Waals surface area (Å²) >= 11 is 1.69. The van der Waals surface area contributed by atoms with Crippen molar-refractivity contribution in [1.29, 1.82) is 0 Å². The van der Waals surface area contributed by atoms with E-state index in [1.807, 2.05) is 6.07 Å². The fourth-order valence-electron chi connectivity index (χ4n) is 3.72. The van der Waals surface area contributed by atoms with Crippen LogP contribution in [0.4, 0.5) is 10.1 Å². The standard InChI is InChI=1S/C22H24FN3OS/c1-2-10-24-22(27)16-7-11-26(12-8-16)20-14-19(15-3-5-17(23)6-4-15)25-18-9-13-28-21(18)20/h3-6,9,13-14,16H,2,7-8,10-12H2,1H3,(H,24,27). The van der Waals surface area contributed by atoms with Crippen LogP contribution in [0.15, 0.2) is 41.8 Å². The summed E-state index contributed by atoms with van der Waals surface area (Å²) in [6.07, 6.45) is 2.68. The number of hydrogen-bond donors (Lipinski definition) is 1. The highest BCUT2D eigenvalue weighted by molar-refractivity contribution is 7.17. The monoisotopic (exact) mass is 397 g/mol. The fraction of sp³-hybridized carbons (Fsp3) is 0.364. The van der Waals surface area contributed by atoms with Crippen LogP contribution in [0.1, 0.15) is 26.2 Å². The number of carbonyl (C=O) groups is 1. The summed E-state index contributed by atoms with van der Waals surface area (Å²) in [6.45, 7) is 4.52. The third-order valence-electron chi connectivity index (χ3n) is 5.29. The van der Waals surface area contributed by atoms with Gasteiger partial charge in [0.1, 0.15) is 5.82 Å². The number of halogens is 1. The average Bonchev–Trinajstić information content (AvgIpc) is 3.20. The van der Waals surface area contributed by atoms with Gasteiger partial charge >= 0.3 is 0 Å². The Bertz CT molecular complexity index is 962. The van der Waals surface area contributed by atoms with Gasteiger partial charge in [-0.3, -0.25) is 4.79 Å². The van der Waals surface area contributed by atoms with Gasteiger partial charge in [0, 0.05) is 31.1 Å². The van der Waals surface area contributed by atoms with E-state index in [2.05, 4.69) is 28.6 Å². The number of nitrogens with one attached hydrogen (secondary N) is 1. The maximum atomic E-state index is 13.3. The van der Waals surface area contributed by atoms with E-state index in [1.165, 1.54) is 16.8 Å². The van der Waals surface area contributed by atoms with Gasteiger partial charge in [0.05, 0.1) is 21.6 Å². The number of carbonyl (C=O) groups excluding carboxylic acids is 1. The van der Waals surface area contributed by atoms with Crippen LogP contribution in [-0.4, -0.2) is 30.5 Å². The summed E-state index contributed by atoms with van der Waals surface area (Å²) in [5.74, 6) is 0.0357. The molecule has 0 atom stereocenters. The van der Waals surface area contributed by atoms with Crippen LogP contribution in [0.3, 0.4) is 0 Å². The fourth-order valence-corrected chi connectivity index (χ4v) is 4.59. The molecule has 4 nitrogen and oxygen atoms in total. The van der Waals surface area contributed by atoms with E-state index < -0.39 is 0 Å². The lowest BCUT2D eigenvalue weighted by Gasteiger charge is -2.33. The number of piperidine rings is 1. The molecule has 28 heavy (non-hydrogen) atoms. The number of amides is 1. The van der Waals surface area contributed by atoms with Crippen LogP contribution >= 0.6 is 11.3 Å². The summed E-state index contributed by atoms with van der Waals surface area (Å²) in [6, 6.07) is 10.6. The normalized spacial score (nSPS) is 15.1. The van der Waals surface area contributed by atoms with Gasteiger partial charge in [-0.15, -0.1) is 11.3 Å². The van der Waals surface area contributed by atoms with Gasteiger partial charge in [0.2, 0.25) is 5.91 Å². The van der Waals surface area contributed by atoms with Gasteiger partial charge in [-0.2, -0.15) is 0 Å². The molecule has 1 aromatic carbocycles. The summed E-state index contributed by atoms with van der Waals surface area (Å²) < 4.78 is 14.5. The molecule has 0 bridgehead atoms. The molecule has 0 spiro atoms. The second-order valence-electron chi connectivity index (χ2n) is 7.22. The average molecular weight is 398 g/mol. The highest BCUT2D eigenvalue weighted by Gasteiger charge is 2.26. The summed E-state index contributed by atoms with van der Waals surface area (Å²) in [4.78, 5) is 19.4. The van der Waals surface area contributed by atoms with E-state index in [0.717, 1.165) is 61.4 Å². The van der Waals surface area contributed by atoms with Crippen LogP contribution in [0.2, 0.25) is 0 Å². The number of thiophene rings is 1. The molecule has 0 unspecified atom stereocenters. The lowest BCUT2D eigenvalue weighted by molar-refractivity contribution is -0.125. The molecule has 1 fully saturated rings. The number of benzene rings is 1. The zero-order chi connectivity index (χ0) is 19.5. The zero-order valence-corrected chi connectivity index (χ0v) is 16.8. The van der Waals surface area contributed by atoms with E-state index in [0.29, 0.717) is 0 Å². The maximum Gasteiger partial charge on any atom is 0.223 e. The molecule has 0 saturated carbocycles. The van der Waals surface area contributed by atoms with Crippen molar-refractivity contribution in [2.75, 3.05) is 24.5 Å². The predicted molar refractivity (Wildman–Crippen MR) is 113 cm³/mol. The van der Waals surface area contributed by atoms with Gasteiger partial charge in [-0.1, -0.05) is 6.92 Å². The molecular formula is C22H24FN3OS. The molecule has 1 saturated heterocycles. The molecule has 1 aliphatic heterocycles. The highest BCUT2D eigenvalue weighted by Crippen LogP contribution is 2.36. The quantitative estimate of drug-likeness (QED) is 0.670. The first-order chi connectivity index (χ1) is 13.7. The second-order valence-corrected chi connectivity index (χ2v) is 8.14. The van der Waals surface area contributed by atoms with E-state index in [-0.39, 0.29) is 17.6 Å². The molecule has 0 aliphatic carbocycles. The Morgan fingerprint density at radius 3 is 2.71 bits per heavy atom. The molecule has 2 aromatic heterocycles. The Kier molecular flexibility index (Phi) is 5.57. The van der Waals surface area contributed by atoms with Gasteiger partial charge in [0.25, 0.3) is 0 Å². The molecule has 4 rings (SSSR count). The first-order valence-electron chi connectivity index (χ1n) is 9.82. The number of rotatable bonds is 5. The number of fused-ring (bicyclic) bond motifs is 1. The van der Waals surface area contributed by atoms with Crippen molar-refractivity contribution in [2.45, 2.75) is 26.2 Å². The Labute approximate surface area is 168 Å². The van der Waals surface area contributed by atoms with Crippen LogP contribution in [-0.2, 0) is 4.79 Å². The topological polar surface area (TPSA) is 45.2 Å². The van der Waals surface area contributed by atoms with Crippen LogP contribution in [0.25, 0.3) is 21.5 Å². The van der Waals surface area contributed by atoms with E-state index >= 15 is 0 Å². The Balaban J connectivity index is 1.58. The van der Waals surface area contributed by atoms with Crippen LogP contribution in [0.5, 0.6) is 0 Å². The first kappa shape index (κ1) is 18.9. The van der Waals surface area contributed by atoms with Crippen molar-refractivity contribution in [3.05, 3.63) is 47.6 Å². The van der Waals surface area contributed by atoms with E-state index in [9.17, 15) is 9.18 Å². The van der Waals surface area contributed by atoms with Crippen molar-refractivity contribution in [3.63, 3.8) is 0 Å². The zero-order valence-electron chi connectivity index (χ0n) is 16.0. The van der Waals surface area contributed by atoms with Gasteiger partial charge in [-0.05, 0) is 61.0 Å². The number of hydrogen-bond acceptors (Lipinski definition) is 4. The van der Waals surface area contributed by atoms with E-state index in [4.69, 9.17) is 4.98 Å². The summed E-state index contributed by atoms with van der Waals surface area (Å²) in [7, 11) is 0. The predicted octanol–water partition coefficient (Wildman–Crippen LogP) is 4.85. The smallest absolute Gasteiger partial charge is 0.223 e. The van der Waals surface area contributed by atoms with Crippen molar-refractivity contribution >= 4 is 33.1 Å². The number of pyridine rings is 1. The number of nitrogens with zero attached hydrogens (tertiary/aromatic N) is 2. The molecular weight excluding hydrogens is 373 g/mol. The third kappa shape index (κ3) is 3.87. The SMILES string of the molecule is CCCNC(=O)C1CCN(c2cc(-c3ccc(F)cc3)nc3ccsc23)CC1. The minimum atomic E-state index is -0.246. The molecule has 146 valence electrons. The molecule has 3 heterocycles. The second kappa shape index (κ2) is 8.27. The van der Waals surface area contributed by atoms with Gasteiger partial charge < -0.3 is 10.2 Å². The Hall–Kier alpha value is -2.47. The van der Waals surface area contributed by atoms with Crippen LogP contribution < -0.4 is 10.2 Å². The van der Waals surface area contributed by atoms with E-state index in [1.54, 1.807) is 23.5 Å². The Morgan fingerprint density at radius 2 is 2.00 bits per heavy atom. The number of anilines is 1. The summed E-state index contributed by atoms with van der Waals surface area (Å²) in [5, 5.41) is 5.08.